The van der Waals surface area contributed by atoms with E-state index in [1.165, 1.54) is 127 Å². The van der Waals surface area contributed by atoms with Gasteiger partial charge in [0.2, 0.25) is 5.60 Å². The normalized spacial score (nSPS) is 19.3. The molecule has 10 aromatic rings. The van der Waals surface area contributed by atoms with Gasteiger partial charge in [-0.2, -0.15) is 0 Å². The van der Waals surface area contributed by atoms with Gasteiger partial charge in [-0.1, -0.05) is 24.3 Å². The summed E-state index contributed by atoms with van der Waals surface area (Å²) in [6.07, 6.45) is -3.86. The van der Waals surface area contributed by atoms with E-state index in [0.29, 0.717) is 22.3 Å². The number of phenols is 14. The number of carbonyl (C=O) groups excluding carboxylic acids is 4. The van der Waals surface area contributed by atoms with Crippen LogP contribution < -0.4 is 10.9 Å². The molecule has 8 aromatic carbocycles. The van der Waals surface area contributed by atoms with Crippen molar-refractivity contribution >= 4 is 82.1 Å². The van der Waals surface area contributed by atoms with E-state index < -0.39 is 160 Å². The zero-order chi connectivity index (χ0) is 82.9. The Kier molecular flexibility index (Phi) is 24.2. The SMILES string of the molecule is O=C(/C=C/c1ccc(O)c(O)c1)OC1C[C@@H](O)[C@H](O)C[C@]1(OC(=O)/C=C/c1ccc(O)c(O)c1)C(=O)O.O=C(/C=C/c1ccc(O)c(O)c1)OC1C[C@](O)(C(=O)O)C[C@@H](O)[C@H]1OC(=O)/C=C/c1ccc(O)c(O)c1.O=c1cc(-c2ccc(O)c(-c3c(O)cc(O)c4c(=O)cc(-c5ccc(O)cc5)oc34)c2)oc2cc(O)cc(O)c12. The van der Waals surface area contributed by atoms with Gasteiger partial charge in [-0.15, -0.1) is 0 Å². The van der Waals surface area contributed by atoms with Crippen LogP contribution in [0.25, 0.3) is 80.0 Å². The number of aliphatic hydroxyl groups is 4. The summed E-state index contributed by atoms with van der Waals surface area (Å²) in [5.74, 6) is -13.0. The second kappa shape index (κ2) is 33.9. The largest absolute Gasteiger partial charge is 0.508 e. The number of esters is 4. The highest BCUT2D eigenvalue weighted by atomic mass is 16.6. The van der Waals surface area contributed by atoms with Gasteiger partial charge in [0.05, 0.1) is 23.9 Å². The van der Waals surface area contributed by atoms with E-state index in [4.69, 9.17) is 27.8 Å². The van der Waals surface area contributed by atoms with Crippen LogP contribution in [-0.2, 0) is 47.7 Å². The minimum atomic E-state index is -2.54. The number of carboxylic acid groups (broad SMARTS) is 2. The van der Waals surface area contributed by atoms with Gasteiger partial charge in [0.25, 0.3) is 0 Å². The summed E-state index contributed by atoms with van der Waals surface area (Å²) < 4.78 is 32.5. The van der Waals surface area contributed by atoms with Gasteiger partial charge in [0.1, 0.15) is 68.5 Å². The quantitative estimate of drug-likeness (QED) is 0.0185. The number of benzene rings is 8. The first-order valence-corrected chi connectivity index (χ1v) is 33.4. The number of fused-ring (bicyclic) bond motifs is 2. The highest BCUT2D eigenvalue weighted by Crippen LogP contribution is 2.47. The van der Waals surface area contributed by atoms with E-state index in [-0.39, 0.29) is 96.0 Å². The van der Waals surface area contributed by atoms with Gasteiger partial charge < -0.3 is 130 Å². The Morgan fingerprint density at radius 2 is 0.851 bits per heavy atom. The number of phenolic OH excluding ortho intramolecular Hbond substituents is 14. The van der Waals surface area contributed by atoms with Crippen molar-refractivity contribution in [2.75, 3.05) is 0 Å². The van der Waals surface area contributed by atoms with Crippen molar-refractivity contribution < 1.29 is 159 Å². The molecule has 34 nitrogen and oxygen atoms in total. The maximum atomic E-state index is 13.0. The maximum Gasteiger partial charge on any atom is 0.352 e. The van der Waals surface area contributed by atoms with Crippen LogP contribution >= 0.6 is 0 Å². The molecule has 0 bridgehead atoms. The molecular formula is C80H66O34. The number of aliphatic hydroxyl groups excluding tert-OH is 3. The molecule has 0 amide bonds. The molecule has 0 radical (unpaired) electrons. The predicted octanol–water partition coefficient (Wildman–Crippen LogP) is 7.19. The number of rotatable bonds is 17. The molecule has 2 aliphatic rings. The van der Waals surface area contributed by atoms with Gasteiger partial charge in [-0.3, -0.25) is 9.59 Å². The molecule has 2 fully saturated rings. The minimum Gasteiger partial charge on any atom is -0.508 e. The number of carbonyl (C=O) groups is 6. The minimum absolute atomic E-state index is 0.00429. The summed E-state index contributed by atoms with van der Waals surface area (Å²) in [6, 6.07) is 30.2. The Morgan fingerprint density at radius 1 is 0.395 bits per heavy atom. The van der Waals surface area contributed by atoms with Gasteiger partial charge in [0.15, 0.2) is 80.2 Å². The molecule has 20 N–H and O–H groups in total. The van der Waals surface area contributed by atoms with Crippen molar-refractivity contribution in [1.29, 1.82) is 0 Å². The summed E-state index contributed by atoms with van der Waals surface area (Å²) in [5.41, 5.74) is -4.79. The summed E-state index contributed by atoms with van der Waals surface area (Å²) in [4.78, 5) is 99.3. The van der Waals surface area contributed by atoms with Gasteiger partial charge in [0, 0.05) is 97.0 Å². The van der Waals surface area contributed by atoms with Crippen LogP contribution in [0.5, 0.6) is 80.5 Å². The molecule has 2 aromatic heterocycles. The third-order valence-electron chi connectivity index (χ3n) is 17.7. The number of aliphatic carboxylic acids is 2. The van der Waals surface area contributed by atoms with Crippen molar-refractivity contribution in [2.45, 2.75) is 73.5 Å². The van der Waals surface area contributed by atoms with E-state index in [0.717, 1.165) is 66.8 Å². The summed E-state index contributed by atoms with van der Waals surface area (Å²) in [5, 5.41) is 197. The fourth-order valence-corrected chi connectivity index (χ4v) is 11.9. The first kappa shape index (κ1) is 81.5. The lowest BCUT2D eigenvalue weighted by molar-refractivity contribution is -0.217. The van der Waals surface area contributed by atoms with Gasteiger partial charge in [-0.25, -0.2) is 28.8 Å². The molecule has 590 valence electrons. The van der Waals surface area contributed by atoms with E-state index in [9.17, 15) is 140 Å². The van der Waals surface area contributed by atoms with Crippen LogP contribution in [0.2, 0.25) is 0 Å². The second-order valence-corrected chi connectivity index (χ2v) is 25.7. The fraction of sp³-hybridized carbons (Fsp3) is 0.150. The predicted molar refractivity (Wildman–Crippen MR) is 395 cm³/mol. The van der Waals surface area contributed by atoms with Crippen molar-refractivity contribution in [1.82, 2.24) is 0 Å². The maximum absolute atomic E-state index is 13.0. The second-order valence-electron chi connectivity index (χ2n) is 25.7. The summed E-state index contributed by atoms with van der Waals surface area (Å²) in [7, 11) is 0. The fourth-order valence-electron chi connectivity index (χ4n) is 11.9. The van der Waals surface area contributed by atoms with E-state index in [2.05, 4.69) is 0 Å². The highest BCUT2D eigenvalue weighted by molar-refractivity contribution is 6.02. The van der Waals surface area contributed by atoms with Gasteiger partial charge >= 0.3 is 35.8 Å². The van der Waals surface area contributed by atoms with Crippen LogP contribution in [-0.4, -0.2) is 186 Å². The lowest BCUT2D eigenvalue weighted by atomic mass is 9.78. The number of hydrogen-bond donors (Lipinski definition) is 20. The third-order valence-corrected chi connectivity index (χ3v) is 17.7. The molecule has 0 saturated heterocycles. The molecule has 2 unspecified atom stereocenters. The van der Waals surface area contributed by atoms with Crippen LogP contribution in [0.15, 0.2) is 188 Å². The number of ether oxygens (including phenoxy) is 4. The molecule has 0 aliphatic heterocycles. The monoisotopic (exact) mass is 1570 g/mol. The molecule has 2 aliphatic carbocycles. The van der Waals surface area contributed by atoms with Crippen molar-refractivity contribution in [2.24, 2.45) is 0 Å². The van der Waals surface area contributed by atoms with Crippen LogP contribution in [0.1, 0.15) is 47.9 Å². The van der Waals surface area contributed by atoms with Crippen molar-refractivity contribution in [3.63, 3.8) is 0 Å². The molecular weight excluding hydrogens is 1500 g/mol. The zero-order valence-corrected chi connectivity index (χ0v) is 58.4. The molecule has 114 heavy (non-hydrogen) atoms. The van der Waals surface area contributed by atoms with Crippen molar-refractivity contribution in [3.8, 4) is 114 Å². The van der Waals surface area contributed by atoms with Crippen molar-refractivity contribution in [3.05, 3.63) is 213 Å². The Labute approximate surface area is 638 Å². The molecule has 8 atom stereocenters. The Hall–Kier alpha value is -15.0. The Bertz CT molecular complexity index is 5680. The molecule has 12 rings (SSSR count). The van der Waals surface area contributed by atoms with Gasteiger partial charge in [-0.05, 0) is 138 Å². The number of hydrogen-bond acceptors (Lipinski definition) is 32. The van der Waals surface area contributed by atoms with Crippen LogP contribution in [0.3, 0.4) is 0 Å². The lowest BCUT2D eigenvalue weighted by Gasteiger charge is -2.42. The number of aromatic hydroxyl groups is 14. The standard InChI is InChI=1S/C30H18O10.2C25H24O12/c31-15-4-1-13(2-5-15)24-12-23(38)29-21(36)10-20(35)27(30(29)40-24)17-7-14(3-6-18(17)33)25-11-22(37)28-19(34)8-16(32)9-26(28)39-25;26-15-5-1-13(9-17(15)28)3-7-21(31)36-20-12-25(35,24(33)34)11-19(30)23(20)37-22(32)8-4-14-2-6-16(27)18(29)10-14;26-15-5-1-13(9-17(15)28)3-7-22(32)36-21-11-19(30)20(31)12-25(21,24(34)35)37-23(33)8-4-14-2-6-16(27)18(29)10-14/h1-12,31-36H;1-10,19-20,23,26-30,35H,11-12H2,(H,33,34);1-10,19-21,26-31H,11-12H2,(H,34,35)/b;2*7-3+,8-4+/t;19-,20?,23-,25+;19-,20-,21?,25-/m.11/s1. The Balaban J connectivity index is 0.000000181. The van der Waals surface area contributed by atoms with E-state index in [1.54, 1.807) is 0 Å². The molecule has 2 heterocycles. The molecule has 0 spiro atoms. The summed E-state index contributed by atoms with van der Waals surface area (Å²) in [6.45, 7) is 0. The Morgan fingerprint density at radius 3 is 1.35 bits per heavy atom. The smallest absolute Gasteiger partial charge is 0.352 e. The number of carboxylic acids is 2. The van der Waals surface area contributed by atoms with E-state index in [1.807, 2.05) is 0 Å². The topological polar surface area (TPSA) is 604 Å². The molecule has 34 heteroatoms. The van der Waals surface area contributed by atoms with E-state index >= 15 is 0 Å². The average Bonchev–Trinajstić information content (AvgIpc) is 0.754. The highest BCUT2D eigenvalue weighted by Gasteiger charge is 2.58. The molecule has 2 saturated carbocycles. The summed E-state index contributed by atoms with van der Waals surface area (Å²) >= 11 is 0. The first-order valence-electron chi connectivity index (χ1n) is 33.4. The average molecular weight is 1570 g/mol. The zero-order valence-electron chi connectivity index (χ0n) is 58.4. The van der Waals surface area contributed by atoms with Crippen LogP contribution in [0, 0.1) is 0 Å². The van der Waals surface area contributed by atoms with Crippen LogP contribution in [0.4, 0.5) is 0 Å². The first-order chi connectivity index (χ1) is 53.9. The lowest BCUT2D eigenvalue weighted by Crippen LogP contribution is -2.62. The third kappa shape index (κ3) is 18.8.